The highest BCUT2D eigenvalue weighted by atomic mass is 79.9. The van der Waals surface area contributed by atoms with Gasteiger partial charge < -0.3 is 10.5 Å². The lowest BCUT2D eigenvalue weighted by molar-refractivity contribution is 0.401. The highest BCUT2D eigenvalue weighted by molar-refractivity contribution is 9.10. The van der Waals surface area contributed by atoms with Gasteiger partial charge in [0, 0.05) is 10.7 Å². The summed E-state index contributed by atoms with van der Waals surface area (Å²) < 4.78 is 6.34. The normalized spacial score (nSPS) is 12.2. The molecule has 0 amide bonds. The van der Waals surface area contributed by atoms with Crippen molar-refractivity contribution in [2.45, 2.75) is 12.5 Å². The van der Waals surface area contributed by atoms with Crippen LogP contribution >= 0.6 is 15.9 Å². The summed E-state index contributed by atoms with van der Waals surface area (Å²) in [5.41, 5.74) is 8.16. The molecule has 2 rings (SSSR count). The van der Waals surface area contributed by atoms with Crippen molar-refractivity contribution in [3.63, 3.8) is 0 Å². The van der Waals surface area contributed by atoms with Crippen molar-refractivity contribution in [1.82, 2.24) is 4.98 Å². The lowest BCUT2D eigenvalue weighted by atomic mass is 10.0. The van der Waals surface area contributed by atoms with E-state index in [4.69, 9.17) is 10.5 Å². The standard InChI is InChI=1S/C14H15BrN2O/c1-18-13-3-2-8-17-14(13)12(16)9-10-4-6-11(15)7-5-10/h2-8,12H,9,16H2,1H3. The summed E-state index contributed by atoms with van der Waals surface area (Å²) in [5, 5.41) is 0. The topological polar surface area (TPSA) is 48.1 Å². The van der Waals surface area contributed by atoms with Gasteiger partial charge in [-0.2, -0.15) is 0 Å². The number of pyridine rings is 1. The maximum atomic E-state index is 6.19. The van der Waals surface area contributed by atoms with Gasteiger partial charge in [-0.25, -0.2) is 0 Å². The van der Waals surface area contributed by atoms with Crippen LogP contribution in [0.3, 0.4) is 0 Å². The highest BCUT2D eigenvalue weighted by Gasteiger charge is 2.13. The minimum atomic E-state index is -0.165. The van der Waals surface area contributed by atoms with Gasteiger partial charge in [-0.1, -0.05) is 28.1 Å². The summed E-state index contributed by atoms with van der Waals surface area (Å²) in [4.78, 5) is 4.30. The van der Waals surface area contributed by atoms with E-state index in [2.05, 4.69) is 33.0 Å². The van der Waals surface area contributed by atoms with E-state index in [-0.39, 0.29) is 6.04 Å². The summed E-state index contributed by atoms with van der Waals surface area (Å²) in [6, 6.07) is 11.7. The number of ether oxygens (including phenoxy) is 1. The van der Waals surface area contributed by atoms with E-state index >= 15 is 0 Å². The van der Waals surface area contributed by atoms with E-state index in [9.17, 15) is 0 Å². The van der Waals surface area contributed by atoms with Crippen molar-refractivity contribution in [3.05, 3.63) is 58.3 Å². The molecule has 94 valence electrons. The summed E-state index contributed by atoms with van der Waals surface area (Å²) >= 11 is 3.42. The third-order valence-corrected chi connectivity index (χ3v) is 3.27. The van der Waals surface area contributed by atoms with Gasteiger partial charge in [-0.15, -0.1) is 0 Å². The molecular weight excluding hydrogens is 292 g/mol. The second-order valence-electron chi connectivity index (χ2n) is 4.03. The summed E-state index contributed by atoms with van der Waals surface area (Å²) in [6.45, 7) is 0. The third kappa shape index (κ3) is 3.09. The highest BCUT2D eigenvalue weighted by Crippen LogP contribution is 2.23. The predicted molar refractivity (Wildman–Crippen MR) is 75.6 cm³/mol. The molecule has 0 bridgehead atoms. The van der Waals surface area contributed by atoms with Crippen molar-refractivity contribution < 1.29 is 4.74 Å². The van der Waals surface area contributed by atoms with E-state index in [0.29, 0.717) is 0 Å². The maximum absolute atomic E-state index is 6.19. The number of benzene rings is 1. The van der Waals surface area contributed by atoms with Crippen molar-refractivity contribution >= 4 is 15.9 Å². The van der Waals surface area contributed by atoms with Crippen molar-refractivity contribution in [1.29, 1.82) is 0 Å². The molecule has 1 aromatic heterocycles. The molecule has 0 aliphatic carbocycles. The van der Waals surface area contributed by atoms with Crippen LogP contribution in [0.2, 0.25) is 0 Å². The van der Waals surface area contributed by atoms with E-state index in [0.717, 1.165) is 22.3 Å². The van der Waals surface area contributed by atoms with Gasteiger partial charge in [0.1, 0.15) is 5.75 Å². The molecule has 0 spiro atoms. The Morgan fingerprint density at radius 2 is 2.00 bits per heavy atom. The van der Waals surface area contributed by atoms with E-state index in [1.54, 1.807) is 13.3 Å². The number of aromatic nitrogens is 1. The molecule has 2 aromatic rings. The molecule has 0 aliphatic heterocycles. The van der Waals surface area contributed by atoms with Crippen LogP contribution in [-0.4, -0.2) is 12.1 Å². The summed E-state index contributed by atoms with van der Waals surface area (Å²) in [5.74, 6) is 0.738. The molecule has 1 unspecified atom stereocenters. The van der Waals surface area contributed by atoms with E-state index in [1.807, 2.05) is 24.3 Å². The predicted octanol–water partition coefficient (Wildman–Crippen LogP) is 3.10. The van der Waals surface area contributed by atoms with E-state index in [1.165, 1.54) is 5.56 Å². The zero-order valence-electron chi connectivity index (χ0n) is 10.1. The first-order valence-corrected chi connectivity index (χ1v) is 6.49. The number of halogens is 1. The van der Waals surface area contributed by atoms with Gasteiger partial charge in [0.2, 0.25) is 0 Å². The first kappa shape index (κ1) is 13.1. The maximum Gasteiger partial charge on any atom is 0.141 e. The third-order valence-electron chi connectivity index (χ3n) is 2.74. The Morgan fingerprint density at radius 3 is 2.67 bits per heavy atom. The average Bonchev–Trinajstić information content (AvgIpc) is 2.41. The number of rotatable bonds is 4. The second kappa shape index (κ2) is 5.98. The van der Waals surface area contributed by atoms with Crippen molar-refractivity contribution in [2.24, 2.45) is 5.73 Å². The van der Waals surface area contributed by atoms with Gasteiger partial charge >= 0.3 is 0 Å². The zero-order chi connectivity index (χ0) is 13.0. The quantitative estimate of drug-likeness (QED) is 0.944. The summed E-state index contributed by atoms with van der Waals surface area (Å²) in [6.07, 6.45) is 2.47. The SMILES string of the molecule is COc1cccnc1C(N)Cc1ccc(Br)cc1. The molecule has 0 fully saturated rings. The second-order valence-corrected chi connectivity index (χ2v) is 4.94. The molecule has 0 saturated carbocycles. The van der Waals surface area contributed by atoms with E-state index < -0.39 is 0 Å². The minimum absolute atomic E-state index is 0.165. The van der Waals surface area contributed by atoms with Crippen LogP contribution in [-0.2, 0) is 6.42 Å². The zero-order valence-corrected chi connectivity index (χ0v) is 11.7. The molecule has 0 saturated heterocycles. The van der Waals surface area contributed by atoms with Crippen LogP contribution < -0.4 is 10.5 Å². The Labute approximate surface area is 115 Å². The lowest BCUT2D eigenvalue weighted by Crippen LogP contribution is -2.16. The average molecular weight is 307 g/mol. The fourth-order valence-electron chi connectivity index (χ4n) is 1.82. The lowest BCUT2D eigenvalue weighted by Gasteiger charge is -2.14. The van der Waals surface area contributed by atoms with Gasteiger partial charge in [-0.05, 0) is 36.2 Å². The molecule has 1 aromatic carbocycles. The largest absolute Gasteiger partial charge is 0.495 e. The number of nitrogens with two attached hydrogens (primary N) is 1. The molecule has 2 N–H and O–H groups in total. The molecule has 18 heavy (non-hydrogen) atoms. The molecule has 4 heteroatoms. The molecule has 3 nitrogen and oxygen atoms in total. The monoisotopic (exact) mass is 306 g/mol. The molecular formula is C14H15BrN2O. The fourth-order valence-corrected chi connectivity index (χ4v) is 2.09. The Hall–Kier alpha value is -1.39. The molecule has 1 heterocycles. The van der Waals surface area contributed by atoms with Crippen LogP contribution in [0.1, 0.15) is 17.3 Å². The smallest absolute Gasteiger partial charge is 0.141 e. The first-order valence-electron chi connectivity index (χ1n) is 5.69. The number of hydrogen-bond acceptors (Lipinski definition) is 3. The number of methoxy groups -OCH3 is 1. The van der Waals surface area contributed by atoms with Crippen LogP contribution in [0.25, 0.3) is 0 Å². The Bertz CT molecular complexity index is 513. The Kier molecular flexibility index (Phi) is 4.33. The number of hydrogen-bond donors (Lipinski definition) is 1. The minimum Gasteiger partial charge on any atom is -0.495 e. The van der Waals surface area contributed by atoms with Gasteiger partial charge in [0.05, 0.1) is 18.8 Å². The van der Waals surface area contributed by atoms with Gasteiger partial charge in [0.15, 0.2) is 0 Å². The first-order chi connectivity index (χ1) is 8.70. The van der Waals surface area contributed by atoms with Crippen LogP contribution in [0.4, 0.5) is 0 Å². The molecule has 0 aliphatic rings. The fraction of sp³-hybridized carbons (Fsp3) is 0.214. The Morgan fingerprint density at radius 1 is 1.28 bits per heavy atom. The van der Waals surface area contributed by atoms with Crippen molar-refractivity contribution in [2.75, 3.05) is 7.11 Å². The number of nitrogens with zero attached hydrogens (tertiary/aromatic N) is 1. The summed E-state index contributed by atoms with van der Waals surface area (Å²) in [7, 11) is 1.63. The van der Waals surface area contributed by atoms with Crippen LogP contribution in [0, 0.1) is 0 Å². The van der Waals surface area contributed by atoms with Crippen LogP contribution in [0.15, 0.2) is 47.1 Å². The Balaban J connectivity index is 2.16. The van der Waals surface area contributed by atoms with Gasteiger partial charge in [0.25, 0.3) is 0 Å². The van der Waals surface area contributed by atoms with Crippen molar-refractivity contribution in [3.8, 4) is 5.75 Å². The molecule has 1 atom stereocenters. The molecule has 0 radical (unpaired) electrons. The van der Waals surface area contributed by atoms with Gasteiger partial charge in [-0.3, -0.25) is 4.98 Å². The van der Waals surface area contributed by atoms with Crippen LogP contribution in [0.5, 0.6) is 5.75 Å².